The molecule has 1 aliphatic carbocycles. The summed E-state index contributed by atoms with van der Waals surface area (Å²) in [5.41, 5.74) is 3.66. The Morgan fingerprint density at radius 1 is 1.28 bits per heavy atom. The third-order valence-corrected chi connectivity index (χ3v) is 4.51. The molecule has 1 heteroatoms. The van der Waals surface area contributed by atoms with Crippen LogP contribution in [0.3, 0.4) is 0 Å². The number of benzene rings is 1. The fraction of sp³-hybridized carbons (Fsp3) is 0.588. The highest BCUT2D eigenvalue weighted by molar-refractivity contribution is 5.78. The lowest BCUT2D eigenvalue weighted by molar-refractivity contribution is 0.112. The van der Waals surface area contributed by atoms with E-state index < -0.39 is 0 Å². The minimum atomic E-state index is 0.611. The van der Waals surface area contributed by atoms with Gasteiger partial charge in [0.25, 0.3) is 0 Å². The largest absolute Gasteiger partial charge is 0.298 e. The van der Waals surface area contributed by atoms with Gasteiger partial charge in [-0.05, 0) is 42.2 Å². The topological polar surface area (TPSA) is 17.1 Å². The molecule has 2 unspecified atom stereocenters. The average Bonchev–Trinajstić information content (AvgIpc) is 2.46. The lowest BCUT2D eigenvalue weighted by atomic mass is 9.74. The van der Waals surface area contributed by atoms with Crippen LogP contribution in [0.25, 0.3) is 0 Å². The summed E-state index contributed by atoms with van der Waals surface area (Å²) >= 11 is 0. The van der Waals surface area contributed by atoms with E-state index in [0.29, 0.717) is 5.92 Å². The summed E-state index contributed by atoms with van der Waals surface area (Å²) in [6.45, 7) is 4.48. The third-order valence-electron chi connectivity index (χ3n) is 4.51. The lowest BCUT2D eigenvalue weighted by Gasteiger charge is -2.30. The first kappa shape index (κ1) is 13.3. The van der Waals surface area contributed by atoms with Gasteiger partial charge in [-0.25, -0.2) is 0 Å². The van der Waals surface area contributed by atoms with Crippen LogP contribution in [0.4, 0.5) is 0 Å². The normalized spacial score (nSPS) is 23.9. The summed E-state index contributed by atoms with van der Waals surface area (Å²) < 4.78 is 0. The van der Waals surface area contributed by atoms with E-state index >= 15 is 0 Å². The molecule has 1 aliphatic rings. The standard InChI is InChI=1S/C17H24O/c1-3-13-7-5-9-15(11-13)17-14(4-2)8-6-10-16(17)12-18/h6,8,10,12-13,15H,3-5,7,9,11H2,1-2H3. The molecule has 2 atom stereocenters. The van der Waals surface area contributed by atoms with Crippen LogP contribution < -0.4 is 0 Å². The Kier molecular flexibility index (Phi) is 4.57. The van der Waals surface area contributed by atoms with E-state index in [1.165, 1.54) is 43.2 Å². The van der Waals surface area contributed by atoms with E-state index in [1.807, 2.05) is 12.1 Å². The molecule has 18 heavy (non-hydrogen) atoms. The molecule has 0 saturated heterocycles. The number of aldehydes is 1. The molecule has 0 amide bonds. The van der Waals surface area contributed by atoms with Crippen molar-refractivity contribution in [2.24, 2.45) is 5.92 Å². The van der Waals surface area contributed by atoms with Gasteiger partial charge in [-0.3, -0.25) is 4.79 Å². The molecule has 0 heterocycles. The summed E-state index contributed by atoms with van der Waals surface area (Å²) in [6, 6.07) is 6.20. The number of carbonyl (C=O) groups excluding carboxylic acids is 1. The first-order chi connectivity index (χ1) is 8.80. The Morgan fingerprint density at radius 2 is 2.11 bits per heavy atom. The maximum atomic E-state index is 11.3. The highest BCUT2D eigenvalue weighted by Crippen LogP contribution is 2.39. The zero-order valence-electron chi connectivity index (χ0n) is 11.6. The second-order valence-electron chi connectivity index (χ2n) is 5.53. The van der Waals surface area contributed by atoms with Crippen LogP contribution in [0.1, 0.15) is 73.4 Å². The predicted molar refractivity (Wildman–Crippen MR) is 76.2 cm³/mol. The molecule has 1 aromatic rings. The minimum absolute atomic E-state index is 0.611. The SMILES string of the molecule is CCc1cccc(C=O)c1C1CCCC(CC)C1. The molecule has 1 fully saturated rings. The Morgan fingerprint density at radius 3 is 2.78 bits per heavy atom. The van der Waals surface area contributed by atoms with Gasteiger partial charge in [-0.1, -0.05) is 51.3 Å². The number of carbonyl (C=O) groups is 1. The molecular formula is C17H24O. The van der Waals surface area contributed by atoms with Crippen molar-refractivity contribution in [2.75, 3.05) is 0 Å². The number of rotatable bonds is 4. The summed E-state index contributed by atoms with van der Waals surface area (Å²) in [5.74, 6) is 1.47. The predicted octanol–water partition coefficient (Wildman–Crippen LogP) is 4.75. The van der Waals surface area contributed by atoms with Crippen LogP contribution in [0.5, 0.6) is 0 Å². The second-order valence-corrected chi connectivity index (χ2v) is 5.53. The van der Waals surface area contributed by atoms with Gasteiger partial charge >= 0.3 is 0 Å². The molecule has 1 aromatic carbocycles. The molecule has 0 aromatic heterocycles. The Balaban J connectivity index is 2.33. The van der Waals surface area contributed by atoms with Crippen molar-refractivity contribution >= 4 is 6.29 Å². The summed E-state index contributed by atoms with van der Waals surface area (Å²) in [5, 5.41) is 0. The zero-order chi connectivity index (χ0) is 13.0. The van der Waals surface area contributed by atoms with Gasteiger partial charge in [0.05, 0.1) is 0 Å². The van der Waals surface area contributed by atoms with Crippen molar-refractivity contribution in [3.63, 3.8) is 0 Å². The smallest absolute Gasteiger partial charge is 0.150 e. The van der Waals surface area contributed by atoms with Gasteiger partial charge in [0.1, 0.15) is 6.29 Å². The fourth-order valence-electron chi connectivity index (χ4n) is 3.47. The van der Waals surface area contributed by atoms with Gasteiger partial charge in [0.15, 0.2) is 0 Å². The first-order valence-electron chi connectivity index (χ1n) is 7.37. The van der Waals surface area contributed by atoms with Crippen molar-refractivity contribution in [1.29, 1.82) is 0 Å². The molecule has 1 nitrogen and oxygen atoms in total. The first-order valence-corrected chi connectivity index (χ1v) is 7.37. The fourth-order valence-corrected chi connectivity index (χ4v) is 3.47. The second kappa shape index (κ2) is 6.17. The Labute approximate surface area is 111 Å². The Bertz CT molecular complexity index is 408. The molecule has 0 radical (unpaired) electrons. The summed E-state index contributed by atoms with van der Waals surface area (Å²) in [4.78, 5) is 11.3. The number of hydrogen-bond acceptors (Lipinski definition) is 1. The summed E-state index contributed by atoms with van der Waals surface area (Å²) in [6.07, 6.45) is 8.58. The van der Waals surface area contributed by atoms with E-state index in [-0.39, 0.29) is 0 Å². The molecule has 1 saturated carbocycles. The van der Waals surface area contributed by atoms with Crippen LogP contribution in [0.2, 0.25) is 0 Å². The van der Waals surface area contributed by atoms with E-state index in [2.05, 4.69) is 19.9 Å². The minimum Gasteiger partial charge on any atom is -0.298 e. The van der Waals surface area contributed by atoms with Crippen molar-refractivity contribution in [2.45, 2.75) is 58.3 Å². The molecule has 0 aliphatic heterocycles. The van der Waals surface area contributed by atoms with Crippen LogP contribution in [0, 0.1) is 5.92 Å². The molecular weight excluding hydrogens is 220 g/mol. The van der Waals surface area contributed by atoms with Gasteiger partial charge < -0.3 is 0 Å². The van der Waals surface area contributed by atoms with Crippen molar-refractivity contribution in [3.8, 4) is 0 Å². The highest BCUT2D eigenvalue weighted by Gasteiger charge is 2.25. The summed E-state index contributed by atoms with van der Waals surface area (Å²) in [7, 11) is 0. The zero-order valence-corrected chi connectivity index (χ0v) is 11.6. The number of hydrogen-bond donors (Lipinski definition) is 0. The highest BCUT2D eigenvalue weighted by atomic mass is 16.1. The Hall–Kier alpha value is -1.11. The van der Waals surface area contributed by atoms with Gasteiger partial charge in [0.2, 0.25) is 0 Å². The molecule has 0 bridgehead atoms. The monoisotopic (exact) mass is 244 g/mol. The maximum Gasteiger partial charge on any atom is 0.150 e. The van der Waals surface area contributed by atoms with E-state index in [0.717, 1.165) is 24.2 Å². The lowest BCUT2D eigenvalue weighted by Crippen LogP contribution is -2.16. The van der Waals surface area contributed by atoms with Crippen LogP contribution in [-0.2, 0) is 6.42 Å². The maximum absolute atomic E-state index is 11.3. The quantitative estimate of drug-likeness (QED) is 0.699. The van der Waals surface area contributed by atoms with Crippen molar-refractivity contribution in [3.05, 3.63) is 34.9 Å². The van der Waals surface area contributed by atoms with Crippen molar-refractivity contribution < 1.29 is 4.79 Å². The van der Waals surface area contributed by atoms with E-state index in [9.17, 15) is 4.79 Å². The third kappa shape index (κ3) is 2.66. The number of aryl methyl sites for hydroxylation is 1. The van der Waals surface area contributed by atoms with Crippen LogP contribution in [-0.4, -0.2) is 6.29 Å². The molecule has 0 N–H and O–H groups in total. The van der Waals surface area contributed by atoms with Gasteiger partial charge in [-0.2, -0.15) is 0 Å². The van der Waals surface area contributed by atoms with Crippen molar-refractivity contribution in [1.82, 2.24) is 0 Å². The van der Waals surface area contributed by atoms with E-state index in [4.69, 9.17) is 0 Å². The van der Waals surface area contributed by atoms with Gasteiger partial charge in [-0.15, -0.1) is 0 Å². The van der Waals surface area contributed by atoms with Gasteiger partial charge in [0, 0.05) is 5.56 Å². The molecule has 2 rings (SSSR count). The van der Waals surface area contributed by atoms with Crippen LogP contribution >= 0.6 is 0 Å². The average molecular weight is 244 g/mol. The molecule has 98 valence electrons. The van der Waals surface area contributed by atoms with Crippen LogP contribution in [0.15, 0.2) is 18.2 Å². The van der Waals surface area contributed by atoms with E-state index in [1.54, 1.807) is 0 Å². The molecule has 0 spiro atoms.